The maximum atomic E-state index is 11.7. The number of nitrogens with one attached hydrogen (secondary N) is 1. The third-order valence-electron chi connectivity index (χ3n) is 3.67. The maximum Gasteiger partial charge on any atom is 0.238 e. The van der Waals surface area contributed by atoms with Crippen LogP contribution in [0.2, 0.25) is 0 Å². The van der Waals surface area contributed by atoms with Crippen LogP contribution in [0, 0.1) is 5.92 Å². The Kier molecular flexibility index (Phi) is 4.78. The topological polar surface area (TPSA) is 83.5 Å². The lowest BCUT2D eigenvalue weighted by Gasteiger charge is -2.35. The van der Waals surface area contributed by atoms with E-state index in [2.05, 4.69) is 12.2 Å². The molecule has 1 fully saturated rings. The van der Waals surface area contributed by atoms with Gasteiger partial charge in [-0.3, -0.25) is 4.79 Å². The van der Waals surface area contributed by atoms with Crippen molar-refractivity contribution in [3.63, 3.8) is 0 Å². The molecule has 18 heavy (non-hydrogen) atoms. The maximum absolute atomic E-state index is 11.7. The van der Waals surface area contributed by atoms with Gasteiger partial charge in [-0.1, -0.05) is 19.8 Å². The van der Waals surface area contributed by atoms with Crippen molar-refractivity contribution in [3.8, 4) is 0 Å². The first-order valence-electron chi connectivity index (χ1n) is 6.33. The number of carbonyl (C=O) groups is 1. The third kappa shape index (κ3) is 4.24. The molecule has 106 valence electrons. The van der Waals surface area contributed by atoms with Crippen molar-refractivity contribution in [2.75, 3.05) is 12.8 Å². The highest BCUT2D eigenvalue weighted by Gasteiger charge is 2.34. The molecule has 3 atom stereocenters. The van der Waals surface area contributed by atoms with Crippen LogP contribution in [0.15, 0.2) is 0 Å². The van der Waals surface area contributed by atoms with Gasteiger partial charge >= 0.3 is 0 Å². The number of aliphatic hydroxyl groups is 1. The second-order valence-corrected chi connectivity index (χ2v) is 7.98. The van der Waals surface area contributed by atoms with Crippen molar-refractivity contribution in [3.05, 3.63) is 0 Å². The van der Waals surface area contributed by atoms with E-state index in [0.717, 1.165) is 19.1 Å². The molecule has 2 N–H and O–H groups in total. The molecule has 5 nitrogen and oxygen atoms in total. The van der Waals surface area contributed by atoms with E-state index in [1.54, 1.807) is 0 Å². The Morgan fingerprint density at radius 3 is 2.67 bits per heavy atom. The molecule has 6 heteroatoms. The first-order chi connectivity index (χ1) is 8.14. The summed E-state index contributed by atoms with van der Waals surface area (Å²) in [6, 6.07) is 0. The van der Waals surface area contributed by atoms with Gasteiger partial charge in [0.05, 0.1) is 5.60 Å². The zero-order valence-electron chi connectivity index (χ0n) is 11.3. The minimum absolute atomic E-state index is 0.135. The zero-order chi connectivity index (χ0) is 14.0. The van der Waals surface area contributed by atoms with Gasteiger partial charge in [0.1, 0.15) is 5.25 Å². The summed E-state index contributed by atoms with van der Waals surface area (Å²) in [5.74, 6) is -0.0999. The monoisotopic (exact) mass is 277 g/mol. The lowest BCUT2D eigenvalue weighted by atomic mass is 9.79. The second-order valence-electron chi connectivity index (χ2n) is 5.62. The summed E-state index contributed by atoms with van der Waals surface area (Å²) in [7, 11) is -3.38. The van der Waals surface area contributed by atoms with Crippen LogP contribution in [-0.2, 0) is 14.6 Å². The molecule has 3 unspecified atom stereocenters. The number of sulfone groups is 1. The van der Waals surface area contributed by atoms with E-state index in [9.17, 15) is 18.3 Å². The summed E-state index contributed by atoms with van der Waals surface area (Å²) in [5.41, 5.74) is -0.884. The van der Waals surface area contributed by atoms with Gasteiger partial charge in [-0.05, 0) is 25.7 Å². The number of amides is 1. The largest absolute Gasteiger partial charge is 0.388 e. The average molecular weight is 277 g/mol. The molecule has 1 amide bonds. The fraction of sp³-hybridized carbons (Fsp3) is 0.917. The number of hydrogen-bond acceptors (Lipinski definition) is 4. The fourth-order valence-electron chi connectivity index (χ4n) is 2.38. The molecule has 0 aromatic carbocycles. The van der Waals surface area contributed by atoms with E-state index in [4.69, 9.17) is 0 Å². The Bertz CT molecular complexity index is 406. The highest BCUT2D eigenvalue weighted by molar-refractivity contribution is 7.92. The molecule has 0 saturated heterocycles. The summed E-state index contributed by atoms with van der Waals surface area (Å²) >= 11 is 0. The molecular formula is C12H23NO4S. The zero-order valence-corrected chi connectivity index (χ0v) is 12.1. The lowest BCUT2D eigenvalue weighted by molar-refractivity contribution is -0.122. The Morgan fingerprint density at radius 2 is 2.17 bits per heavy atom. The molecule has 0 radical (unpaired) electrons. The first kappa shape index (κ1) is 15.4. The SMILES string of the molecule is CC1CCCC(O)(CNC(=O)C(C)S(C)(=O)=O)C1. The Labute approximate surface area is 109 Å². The highest BCUT2D eigenvalue weighted by atomic mass is 32.2. The van der Waals surface area contributed by atoms with E-state index in [1.807, 2.05) is 0 Å². The van der Waals surface area contributed by atoms with Crippen LogP contribution in [0.1, 0.15) is 39.5 Å². The van der Waals surface area contributed by atoms with Gasteiger partial charge in [-0.15, -0.1) is 0 Å². The van der Waals surface area contributed by atoms with E-state index in [-0.39, 0.29) is 6.54 Å². The summed E-state index contributed by atoms with van der Waals surface area (Å²) in [4.78, 5) is 11.7. The Balaban J connectivity index is 2.52. The van der Waals surface area contributed by atoms with Crippen LogP contribution in [0.5, 0.6) is 0 Å². The second kappa shape index (κ2) is 5.57. The minimum Gasteiger partial charge on any atom is -0.388 e. The predicted molar refractivity (Wildman–Crippen MR) is 69.9 cm³/mol. The molecule has 0 heterocycles. The molecule has 1 aliphatic carbocycles. The molecule has 0 aromatic heterocycles. The minimum atomic E-state index is -3.38. The summed E-state index contributed by atoms with van der Waals surface area (Å²) in [6.45, 7) is 3.57. The van der Waals surface area contributed by atoms with Gasteiger partial charge in [0.2, 0.25) is 5.91 Å². The fourth-order valence-corrected chi connectivity index (χ4v) is 2.85. The summed E-state index contributed by atoms with van der Waals surface area (Å²) in [5, 5.41) is 11.8. The van der Waals surface area contributed by atoms with Gasteiger partial charge in [-0.2, -0.15) is 0 Å². The third-order valence-corrected chi connectivity index (χ3v) is 5.17. The van der Waals surface area contributed by atoms with Gasteiger partial charge < -0.3 is 10.4 Å². The van der Waals surface area contributed by atoms with Crippen LogP contribution in [0.25, 0.3) is 0 Å². The van der Waals surface area contributed by atoms with Crippen LogP contribution in [0.4, 0.5) is 0 Å². The average Bonchev–Trinajstić information content (AvgIpc) is 2.23. The highest BCUT2D eigenvalue weighted by Crippen LogP contribution is 2.31. The quantitative estimate of drug-likeness (QED) is 0.783. The van der Waals surface area contributed by atoms with Crippen LogP contribution >= 0.6 is 0 Å². The number of hydrogen-bond donors (Lipinski definition) is 2. The van der Waals surface area contributed by atoms with Crippen molar-refractivity contribution >= 4 is 15.7 Å². The van der Waals surface area contributed by atoms with Gasteiger partial charge in [0.15, 0.2) is 9.84 Å². The normalized spacial score (nSPS) is 30.8. The molecule has 0 aromatic rings. The van der Waals surface area contributed by atoms with Gasteiger partial charge in [0, 0.05) is 12.8 Å². The van der Waals surface area contributed by atoms with Crippen LogP contribution in [-0.4, -0.2) is 43.1 Å². The summed E-state index contributed by atoms with van der Waals surface area (Å²) < 4.78 is 22.5. The molecular weight excluding hydrogens is 254 g/mol. The Morgan fingerprint density at radius 1 is 1.56 bits per heavy atom. The molecule has 0 bridgehead atoms. The molecule has 1 aliphatic rings. The Hall–Kier alpha value is -0.620. The van der Waals surface area contributed by atoms with Crippen molar-refractivity contribution in [1.29, 1.82) is 0 Å². The van der Waals surface area contributed by atoms with Gasteiger partial charge in [0.25, 0.3) is 0 Å². The molecule has 1 rings (SSSR count). The van der Waals surface area contributed by atoms with E-state index >= 15 is 0 Å². The van der Waals surface area contributed by atoms with E-state index < -0.39 is 26.6 Å². The van der Waals surface area contributed by atoms with Crippen molar-refractivity contribution in [2.45, 2.75) is 50.4 Å². The molecule has 1 saturated carbocycles. The first-order valence-corrected chi connectivity index (χ1v) is 8.28. The van der Waals surface area contributed by atoms with Crippen LogP contribution < -0.4 is 5.32 Å². The predicted octanol–water partition coefficient (Wildman–Crippen LogP) is 0.477. The van der Waals surface area contributed by atoms with Crippen LogP contribution in [0.3, 0.4) is 0 Å². The molecule has 0 spiro atoms. The lowest BCUT2D eigenvalue weighted by Crippen LogP contribution is -2.48. The van der Waals surface area contributed by atoms with E-state index in [1.165, 1.54) is 6.92 Å². The standard InChI is InChI=1S/C12H23NO4S/c1-9-5-4-6-12(15,7-9)8-13-11(14)10(2)18(3,16)17/h9-10,15H,4-8H2,1-3H3,(H,13,14). The number of rotatable bonds is 4. The number of carbonyl (C=O) groups excluding carboxylic acids is 1. The molecule has 0 aliphatic heterocycles. The van der Waals surface area contributed by atoms with Crippen molar-refractivity contribution in [2.24, 2.45) is 5.92 Å². The van der Waals surface area contributed by atoms with E-state index in [0.29, 0.717) is 18.8 Å². The smallest absolute Gasteiger partial charge is 0.238 e. The van der Waals surface area contributed by atoms with Crippen molar-refractivity contribution in [1.82, 2.24) is 5.32 Å². The van der Waals surface area contributed by atoms with Gasteiger partial charge in [-0.25, -0.2) is 8.42 Å². The summed E-state index contributed by atoms with van der Waals surface area (Å²) in [6.07, 6.45) is 4.38. The van der Waals surface area contributed by atoms with Crippen molar-refractivity contribution < 1.29 is 18.3 Å².